The molecule has 1 aromatic rings. The van der Waals surface area contributed by atoms with Gasteiger partial charge in [-0.2, -0.15) is 0 Å². The van der Waals surface area contributed by atoms with E-state index in [1.807, 2.05) is 6.07 Å². The number of benzene rings is 1. The van der Waals surface area contributed by atoms with Crippen LogP contribution in [0.15, 0.2) is 30.3 Å². The summed E-state index contributed by atoms with van der Waals surface area (Å²) in [7, 11) is 0. The summed E-state index contributed by atoms with van der Waals surface area (Å²) in [5, 5.41) is 6.92. The normalized spacial score (nSPS) is 12.4. The Bertz CT molecular complexity index is 259. The number of para-hydroxylation sites is 1. The molecule has 0 saturated carbocycles. The van der Waals surface area contributed by atoms with Crippen molar-refractivity contribution in [3.63, 3.8) is 0 Å². The number of hydrogen-bond donors (Lipinski definition) is 2. The largest absolute Gasteiger partial charge is 0.384 e. The first-order valence-electron chi connectivity index (χ1n) is 6.35. The fourth-order valence-electron chi connectivity index (χ4n) is 1.69. The maximum absolute atomic E-state index is 3.53. The number of anilines is 1. The van der Waals surface area contributed by atoms with Crippen molar-refractivity contribution in [3.05, 3.63) is 30.3 Å². The van der Waals surface area contributed by atoms with Crippen LogP contribution in [0.1, 0.15) is 33.1 Å². The minimum Gasteiger partial charge on any atom is -0.384 e. The Morgan fingerprint density at radius 2 is 1.88 bits per heavy atom. The van der Waals surface area contributed by atoms with Crippen molar-refractivity contribution < 1.29 is 0 Å². The van der Waals surface area contributed by atoms with Crippen LogP contribution in [0.2, 0.25) is 0 Å². The molecule has 0 bridgehead atoms. The standard InChI is InChI=1S/C14H24N2/c1-3-4-8-13(2)15-11-12-16-14-9-6-5-7-10-14/h5-7,9-10,13,15-16H,3-4,8,11-12H2,1-2H3. The van der Waals surface area contributed by atoms with E-state index >= 15 is 0 Å². The molecule has 0 aromatic heterocycles. The fraction of sp³-hybridized carbons (Fsp3) is 0.571. The molecule has 1 atom stereocenters. The summed E-state index contributed by atoms with van der Waals surface area (Å²) >= 11 is 0. The van der Waals surface area contributed by atoms with Gasteiger partial charge in [0.2, 0.25) is 0 Å². The highest BCUT2D eigenvalue weighted by Crippen LogP contribution is 2.03. The molecule has 2 N–H and O–H groups in total. The van der Waals surface area contributed by atoms with Crippen LogP contribution in [0.3, 0.4) is 0 Å². The molecular formula is C14H24N2. The highest BCUT2D eigenvalue weighted by atomic mass is 15.0. The molecule has 0 aliphatic carbocycles. The maximum Gasteiger partial charge on any atom is 0.0340 e. The van der Waals surface area contributed by atoms with Gasteiger partial charge in [0.1, 0.15) is 0 Å². The smallest absolute Gasteiger partial charge is 0.0340 e. The van der Waals surface area contributed by atoms with Crippen molar-refractivity contribution in [1.82, 2.24) is 5.32 Å². The average molecular weight is 220 g/mol. The van der Waals surface area contributed by atoms with Crippen molar-refractivity contribution in [2.24, 2.45) is 0 Å². The molecular weight excluding hydrogens is 196 g/mol. The average Bonchev–Trinajstić information content (AvgIpc) is 2.33. The first-order valence-corrected chi connectivity index (χ1v) is 6.35. The minimum absolute atomic E-state index is 0.637. The van der Waals surface area contributed by atoms with Crippen molar-refractivity contribution in [2.75, 3.05) is 18.4 Å². The van der Waals surface area contributed by atoms with E-state index in [9.17, 15) is 0 Å². The molecule has 1 aromatic carbocycles. The van der Waals surface area contributed by atoms with Gasteiger partial charge in [0.05, 0.1) is 0 Å². The predicted octanol–water partition coefficient (Wildman–Crippen LogP) is 3.27. The zero-order chi connectivity index (χ0) is 11.6. The van der Waals surface area contributed by atoms with E-state index in [2.05, 4.69) is 48.7 Å². The van der Waals surface area contributed by atoms with E-state index in [1.54, 1.807) is 0 Å². The van der Waals surface area contributed by atoms with Gasteiger partial charge in [-0.1, -0.05) is 38.0 Å². The summed E-state index contributed by atoms with van der Waals surface area (Å²) in [6.07, 6.45) is 3.89. The molecule has 1 rings (SSSR count). The summed E-state index contributed by atoms with van der Waals surface area (Å²) in [6, 6.07) is 11.0. The summed E-state index contributed by atoms with van der Waals surface area (Å²) in [5.74, 6) is 0. The van der Waals surface area contributed by atoms with E-state index < -0.39 is 0 Å². The summed E-state index contributed by atoms with van der Waals surface area (Å²) in [5.41, 5.74) is 1.20. The van der Waals surface area contributed by atoms with E-state index in [1.165, 1.54) is 24.9 Å². The Labute approximate surface area is 99.5 Å². The lowest BCUT2D eigenvalue weighted by Gasteiger charge is -2.13. The van der Waals surface area contributed by atoms with E-state index in [4.69, 9.17) is 0 Å². The van der Waals surface area contributed by atoms with Crippen LogP contribution < -0.4 is 10.6 Å². The zero-order valence-corrected chi connectivity index (χ0v) is 10.5. The third kappa shape index (κ3) is 5.76. The zero-order valence-electron chi connectivity index (χ0n) is 10.5. The van der Waals surface area contributed by atoms with Crippen LogP contribution in [-0.4, -0.2) is 19.1 Å². The van der Waals surface area contributed by atoms with Gasteiger partial charge >= 0.3 is 0 Å². The van der Waals surface area contributed by atoms with Gasteiger partial charge in [-0.05, 0) is 25.5 Å². The van der Waals surface area contributed by atoms with Gasteiger partial charge in [0, 0.05) is 24.8 Å². The number of hydrogen-bond acceptors (Lipinski definition) is 2. The monoisotopic (exact) mass is 220 g/mol. The molecule has 0 aliphatic heterocycles. The molecule has 0 spiro atoms. The summed E-state index contributed by atoms with van der Waals surface area (Å²) in [4.78, 5) is 0. The minimum atomic E-state index is 0.637. The number of unbranched alkanes of at least 4 members (excludes halogenated alkanes) is 1. The molecule has 0 heterocycles. The number of nitrogens with one attached hydrogen (secondary N) is 2. The molecule has 2 nitrogen and oxygen atoms in total. The highest BCUT2D eigenvalue weighted by molar-refractivity contribution is 5.42. The van der Waals surface area contributed by atoms with Crippen LogP contribution in [0.4, 0.5) is 5.69 Å². The second-order valence-corrected chi connectivity index (χ2v) is 4.29. The Kier molecular flexibility index (Phi) is 6.66. The maximum atomic E-state index is 3.53. The van der Waals surface area contributed by atoms with Gasteiger partial charge in [-0.25, -0.2) is 0 Å². The highest BCUT2D eigenvalue weighted by Gasteiger charge is 1.98. The Hall–Kier alpha value is -1.02. The summed E-state index contributed by atoms with van der Waals surface area (Å²) < 4.78 is 0. The van der Waals surface area contributed by atoms with E-state index in [-0.39, 0.29) is 0 Å². The van der Waals surface area contributed by atoms with E-state index in [0.29, 0.717) is 6.04 Å². The second kappa shape index (κ2) is 8.17. The third-order valence-corrected chi connectivity index (χ3v) is 2.71. The molecule has 0 saturated heterocycles. The predicted molar refractivity (Wildman–Crippen MR) is 71.9 cm³/mol. The van der Waals surface area contributed by atoms with Crippen molar-refractivity contribution in [1.29, 1.82) is 0 Å². The topological polar surface area (TPSA) is 24.1 Å². The lowest BCUT2D eigenvalue weighted by molar-refractivity contribution is 0.504. The van der Waals surface area contributed by atoms with Crippen LogP contribution >= 0.6 is 0 Å². The summed E-state index contributed by atoms with van der Waals surface area (Å²) in [6.45, 7) is 6.52. The Balaban J connectivity index is 2.03. The Morgan fingerprint density at radius 1 is 1.12 bits per heavy atom. The molecule has 0 radical (unpaired) electrons. The molecule has 0 fully saturated rings. The number of rotatable bonds is 8. The fourth-order valence-corrected chi connectivity index (χ4v) is 1.69. The van der Waals surface area contributed by atoms with E-state index in [0.717, 1.165) is 13.1 Å². The van der Waals surface area contributed by atoms with Crippen LogP contribution in [-0.2, 0) is 0 Å². The second-order valence-electron chi connectivity index (χ2n) is 4.29. The van der Waals surface area contributed by atoms with Gasteiger partial charge < -0.3 is 10.6 Å². The molecule has 1 unspecified atom stereocenters. The molecule has 0 amide bonds. The molecule has 0 aliphatic rings. The third-order valence-electron chi connectivity index (χ3n) is 2.71. The van der Waals surface area contributed by atoms with Crippen LogP contribution in [0, 0.1) is 0 Å². The van der Waals surface area contributed by atoms with Gasteiger partial charge in [-0.3, -0.25) is 0 Å². The Morgan fingerprint density at radius 3 is 2.56 bits per heavy atom. The first kappa shape index (κ1) is 13.0. The van der Waals surface area contributed by atoms with Crippen molar-refractivity contribution >= 4 is 5.69 Å². The van der Waals surface area contributed by atoms with Gasteiger partial charge in [-0.15, -0.1) is 0 Å². The quantitative estimate of drug-likeness (QED) is 0.657. The van der Waals surface area contributed by atoms with Gasteiger partial charge in [0.15, 0.2) is 0 Å². The lowest BCUT2D eigenvalue weighted by Crippen LogP contribution is -2.30. The molecule has 2 heteroatoms. The molecule has 16 heavy (non-hydrogen) atoms. The van der Waals surface area contributed by atoms with Crippen LogP contribution in [0.5, 0.6) is 0 Å². The van der Waals surface area contributed by atoms with Gasteiger partial charge in [0.25, 0.3) is 0 Å². The van der Waals surface area contributed by atoms with Crippen molar-refractivity contribution in [2.45, 2.75) is 39.2 Å². The van der Waals surface area contributed by atoms with Crippen molar-refractivity contribution in [3.8, 4) is 0 Å². The van der Waals surface area contributed by atoms with Crippen LogP contribution in [0.25, 0.3) is 0 Å². The molecule has 90 valence electrons. The first-order chi connectivity index (χ1) is 7.83. The SMILES string of the molecule is CCCCC(C)NCCNc1ccccc1. The lowest BCUT2D eigenvalue weighted by atomic mass is 10.1.